The van der Waals surface area contributed by atoms with Crippen LogP contribution in [-0.4, -0.2) is 31.7 Å². The number of nitrogens with zero attached hydrogens (tertiary/aromatic N) is 1. The lowest BCUT2D eigenvalue weighted by Gasteiger charge is -2.21. The Morgan fingerprint density at radius 3 is 2.43 bits per heavy atom. The maximum absolute atomic E-state index is 14.4. The molecule has 5 nitrogen and oxygen atoms in total. The summed E-state index contributed by atoms with van der Waals surface area (Å²) < 4.78 is 41.1. The predicted molar refractivity (Wildman–Crippen MR) is 110 cm³/mol. The Morgan fingerprint density at radius 1 is 1.21 bits per heavy atom. The molecule has 1 N–H and O–H groups in total. The molecule has 0 bridgehead atoms. The molecule has 0 radical (unpaired) electrons. The minimum atomic E-state index is -3.78. The Morgan fingerprint density at radius 2 is 1.89 bits per heavy atom. The van der Waals surface area contributed by atoms with E-state index >= 15 is 0 Å². The highest BCUT2D eigenvalue weighted by Crippen LogP contribution is 2.26. The Labute approximate surface area is 170 Å². The lowest BCUT2D eigenvalue weighted by Crippen LogP contribution is -2.32. The summed E-state index contributed by atoms with van der Waals surface area (Å²) in [5.74, 6) is -1.04. The monoisotopic (exact) mass is 426 g/mol. The van der Waals surface area contributed by atoms with Crippen LogP contribution < -0.4 is 5.32 Å². The van der Waals surface area contributed by atoms with E-state index in [4.69, 9.17) is 0 Å². The Kier molecular flexibility index (Phi) is 7.74. The van der Waals surface area contributed by atoms with Crippen LogP contribution in [0.4, 0.5) is 4.39 Å². The SMILES string of the molecule is CCN(CC)S(=O)(=O)c1ccc(F)c(C(=O)NC(CC(C)C)c2cccs2)c1. The third-order valence-electron chi connectivity index (χ3n) is 4.42. The summed E-state index contributed by atoms with van der Waals surface area (Å²) in [7, 11) is -3.78. The number of thiophene rings is 1. The van der Waals surface area contributed by atoms with E-state index in [9.17, 15) is 17.6 Å². The highest BCUT2D eigenvalue weighted by atomic mass is 32.2. The Balaban J connectivity index is 2.34. The molecule has 0 saturated carbocycles. The van der Waals surface area contributed by atoms with Crippen molar-refractivity contribution >= 4 is 27.3 Å². The summed E-state index contributed by atoms with van der Waals surface area (Å²) in [4.78, 5) is 13.7. The van der Waals surface area contributed by atoms with Crippen molar-refractivity contribution in [2.24, 2.45) is 5.92 Å². The number of amides is 1. The molecule has 0 aliphatic heterocycles. The van der Waals surface area contributed by atoms with Crippen LogP contribution in [0.1, 0.15) is 55.4 Å². The Bertz CT molecular complexity index is 892. The smallest absolute Gasteiger partial charge is 0.254 e. The van der Waals surface area contributed by atoms with E-state index in [1.807, 2.05) is 31.4 Å². The first-order valence-electron chi connectivity index (χ1n) is 9.34. The van der Waals surface area contributed by atoms with Gasteiger partial charge >= 0.3 is 0 Å². The fourth-order valence-corrected chi connectivity index (χ4v) is 5.27. The molecule has 0 saturated heterocycles. The third kappa shape index (κ3) is 5.18. The van der Waals surface area contributed by atoms with Crippen LogP contribution >= 0.6 is 11.3 Å². The largest absolute Gasteiger partial charge is 0.344 e. The summed E-state index contributed by atoms with van der Waals surface area (Å²) in [6, 6.07) is 6.93. The van der Waals surface area contributed by atoms with Crippen molar-refractivity contribution in [1.82, 2.24) is 9.62 Å². The molecule has 0 aliphatic carbocycles. The second kappa shape index (κ2) is 9.62. The normalized spacial score (nSPS) is 13.1. The molecule has 1 heterocycles. The fourth-order valence-electron chi connectivity index (χ4n) is 2.99. The maximum Gasteiger partial charge on any atom is 0.254 e. The number of hydrogen-bond acceptors (Lipinski definition) is 4. The quantitative estimate of drug-likeness (QED) is 0.645. The van der Waals surface area contributed by atoms with Crippen molar-refractivity contribution in [3.63, 3.8) is 0 Å². The second-order valence-corrected chi connectivity index (χ2v) is 9.82. The molecule has 0 aliphatic rings. The van der Waals surface area contributed by atoms with Gasteiger partial charge in [-0.1, -0.05) is 33.8 Å². The van der Waals surface area contributed by atoms with Crippen LogP contribution in [0, 0.1) is 11.7 Å². The van der Waals surface area contributed by atoms with E-state index < -0.39 is 21.7 Å². The number of halogens is 1. The molecule has 1 aromatic heterocycles. The molecule has 0 spiro atoms. The van der Waals surface area contributed by atoms with Crippen LogP contribution in [0.15, 0.2) is 40.6 Å². The van der Waals surface area contributed by atoms with Crippen molar-refractivity contribution in [3.05, 3.63) is 52.0 Å². The van der Waals surface area contributed by atoms with Crippen molar-refractivity contribution < 1.29 is 17.6 Å². The van der Waals surface area contributed by atoms with Crippen LogP contribution in [0.3, 0.4) is 0 Å². The standard InChI is InChI=1S/C20H27FN2O3S2/c1-5-23(6-2)28(25,26)15-9-10-17(21)16(13-15)20(24)22-18(12-14(3)4)19-8-7-11-27-19/h7-11,13-14,18H,5-6,12H2,1-4H3,(H,22,24). The maximum atomic E-state index is 14.4. The lowest BCUT2D eigenvalue weighted by atomic mass is 10.0. The zero-order chi connectivity index (χ0) is 20.9. The lowest BCUT2D eigenvalue weighted by molar-refractivity contribution is 0.0928. The molecule has 1 amide bonds. The van der Waals surface area contributed by atoms with Crippen molar-refractivity contribution in [3.8, 4) is 0 Å². The van der Waals surface area contributed by atoms with Crippen LogP contribution in [0.5, 0.6) is 0 Å². The Hall–Kier alpha value is -1.77. The van der Waals surface area contributed by atoms with E-state index in [2.05, 4.69) is 5.32 Å². The molecule has 154 valence electrons. The summed E-state index contributed by atoms with van der Waals surface area (Å²) in [6.45, 7) is 8.15. The molecule has 2 rings (SSSR count). The van der Waals surface area contributed by atoms with Gasteiger partial charge in [0.1, 0.15) is 5.82 Å². The van der Waals surface area contributed by atoms with Crippen molar-refractivity contribution in [1.29, 1.82) is 0 Å². The molecule has 1 unspecified atom stereocenters. The van der Waals surface area contributed by atoms with Gasteiger partial charge in [0.2, 0.25) is 10.0 Å². The van der Waals surface area contributed by atoms with Crippen LogP contribution in [0.2, 0.25) is 0 Å². The average Bonchev–Trinajstić information content (AvgIpc) is 3.16. The number of carbonyl (C=O) groups excluding carboxylic acids is 1. The molecule has 8 heteroatoms. The first-order chi connectivity index (χ1) is 13.2. The summed E-state index contributed by atoms with van der Waals surface area (Å²) in [5.41, 5.74) is -0.265. The predicted octanol–water partition coefficient (Wildman–Crippen LogP) is 4.43. The van der Waals surface area contributed by atoms with Crippen LogP contribution in [-0.2, 0) is 10.0 Å². The van der Waals surface area contributed by atoms with Gasteiger partial charge in [-0.3, -0.25) is 4.79 Å². The van der Waals surface area contributed by atoms with Crippen LogP contribution in [0.25, 0.3) is 0 Å². The zero-order valence-corrected chi connectivity index (χ0v) is 18.2. The summed E-state index contributed by atoms with van der Waals surface area (Å²) >= 11 is 1.52. The number of nitrogens with one attached hydrogen (secondary N) is 1. The second-order valence-electron chi connectivity index (χ2n) is 6.90. The molecular weight excluding hydrogens is 399 g/mol. The topological polar surface area (TPSA) is 66.5 Å². The number of benzene rings is 1. The van der Waals surface area contributed by atoms with E-state index in [1.54, 1.807) is 13.8 Å². The van der Waals surface area contributed by atoms with Crippen molar-refractivity contribution in [2.75, 3.05) is 13.1 Å². The molecule has 1 aromatic carbocycles. The van der Waals surface area contributed by atoms with Gasteiger partial charge in [0.15, 0.2) is 0 Å². The van der Waals surface area contributed by atoms with Gasteiger partial charge in [0.05, 0.1) is 16.5 Å². The molecule has 1 atom stereocenters. The van der Waals surface area contributed by atoms with Gasteiger partial charge in [-0.2, -0.15) is 4.31 Å². The van der Waals surface area contributed by atoms with E-state index in [1.165, 1.54) is 21.7 Å². The van der Waals surface area contributed by atoms with Gasteiger partial charge in [0.25, 0.3) is 5.91 Å². The molecular formula is C20H27FN2O3S2. The number of carbonyl (C=O) groups is 1. The highest BCUT2D eigenvalue weighted by molar-refractivity contribution is 7.89. The molecule has 28 heavy (non-hydrogen) atoms. The minimum absolute atomic E-state index is 0.0840. The highest BCUT2D eigenvalue weighted by Gasteiger charge is 2.25. The van der Waals surface area contributed by atoms with Gasteiger partial charge in [-0.25, -0.2) is 12.8 Å². The first-order valence-corrected chi connectivity index (χ1v) is 11.7. The number of sulfonamides is 1. The number of rotatable bonds is 9. The summed E-state index contributed by atoms with van der Waals surface area (Å²) in [6.07, 6.45) is 0.700. The van der Waals surface area contributed by atoms with Gasteiger partial charge in [-0.15, -0.1) is 11.3 Å². The van der Waals surface area contributed by atoms with Gasteiger partial charge < -0.3 is 5.32 Å². The fraction of sp³-hybridized carbons (Fsp3) is 0.450. The average molecular weight is 427 g/mol. The minimum Gasteiger partial charge on any atom is -0.344 e. The van der Waals surface area contributed by atoms with Gasteiger partial charge in [0, 0.05) is 18.0 Å². The van der Waals surface area contributed by atoms with E-state index in [0.29, 0.717) is 25.4 Å². The summed E-state index contributed by atoms with van der Waals surface area (Å²) in [5, 5.41) is 4.79. The third-order valence-corrected chi connectivity index (χ3v) is 7.46. The molecule has 2 aromatic rings. The van der Waals surface area contributed by atoms with Crippen molar-refractivity contribution in [2.45, 2.75) is 45.1 Å². The first kappa shape index (κ1) is 22.5. The number of hydrogen-bond donors (Lipinski definition) is 1. The zero-order valence-electron chi connectivity index (χ0n) is 16.6. The van der Waals surface area contributed by atoms with E-state index in [-0.39, 0.29) is 16.5 Å². The van der Waals surface area contributed by atoms with Gasteiger partial charge in [-0.05, 0) is 42.0 Å². The molecule has 0 fully saturated rings. The van der Waals surface area contributed by atoms with E-state index in [0.717, 1.165) is 17.0 Å².